The Labute approximate surface area is 137 Å². The zero-order valence-corrected chi connectivity index (χ0v) is 13.5. The summed E-state index contributed by atoms with van der Waals surface area (Å²) in [7, 11) is 0. The summed E-state index contributed by atoms with van der Waals surface area (Å²) in [5, 5.41) is 2.76. The molecule has 4 heteroatoms. The fourth-order valence-corrected chi connectivity index (χ4v) is 3.21. The highest BCUT2D eigenvalue weighted by Gasteiger charge is 2.22. The fraction of sp³-hybridized carbons (Fsp3) is 0.368. The summed E-state index contributed by atoms with van der Waals surface area (Å²) >= 11 is 0. The van der Waals surface area contributed by atoms with Crippen molar-refractivity contribution in [2.75, 3.05) is 18.4 Å². The molecule has 0 radical (unpaired) electrons. The number of pyridine rings is 1. The Morgan fingerprint density at radius 1 is 1.26 bits per heavy atom. The summed E-state index contributed by atoms with van der Waals surface area (Å²) in [5.41, 5.74) is 3.25. The molecule has 0 aliphatic carbocycles. The molecule has 1 saturated heterocycles. The van der Waals surface area contributed by atoms with E-state index < -0.39 is 0 Å². The van der Waals surface area contributed by atoms with Gasteiger partial charge in [0.25, 0.3) is 0 Å². The molecule has 0 spiro atoms. The molecule has 1 aromatic carbocycles. The lowest BCUT2D eigenvalue weighted by atomic mass is 9.94. The molecule has 2 heterocycles. The van der Waals surface area contributed by atoms with Crippen molar-refractivity contribution >= 4 is 11.6 Å². The largest absolute Gasteiger partial charge is 0.325 e. The van der Waals surface area contributed by atoms with Crippen molar-refractivity contribution < 1.29 is 4.79 Å². The van der Waals surface area contributed by atoms with Gasteiger partial charge >= 0.3 is 0 Å². The van der Waals surface area contributed by atoms with Gasteiger partial charge in [-0.3, -0.25) is 14.7 Å². The highest BCUT2D eigenvalue weighted by molar-refractivity contribution is 5.88. The molecule has 1 unspecified atom stereocenters. The van der Waals surface area contributed by atoms with Crippen molar-refractivity contribution in [3.05, 3.63) is 59.9 Å². The quantitative estimate of drug-likeness (QED) is 0.941. The van der Waals surface area contributed by atoms with E-state index in [0.29, 0.717) is 5.92 Å². The lowest BCUT2D eigenvalue weighted by Gasteiger charge is -2.32. The van der Waals surface area contributed by atoms with Crippen molar-refractivity contribution in [2.24, 2.45) is 0 Å². The molecular formula is C19H23N3O. The predicted octanol–water partition coefficient (Wildman–Crippen LogP) is 3.42. The number of benzene rings is 1. The molecule has 1 amide bonds. The van der Waals surface area contributed by atoms with Crippen LogP contribution in [0.1, 0.15) is 36.9 Å². The van der Waals surface area contributed by atoms with Crippen LogP contribution in [0.2, 0.25) is 0 Å². The second-order valence-electron chi connectivity index (χ2n) is 6.21. The van der Waals surface area contributed by atoms with Crippen LogP contribution in [0.3, 0.4) is 0 Å². The Morgan fingerprint density at radius 3 is 2.78 bits per heavy atom. The zero-order chi connectivity index (χ0) is 16.1. The fourth-order valence-electron chi connectivity index (χ4n) is 3.21. The number of hydrogen-bond donors (Lipinski definition) is 1. The molecule has 1 fully saturated rings. The Morgan fingerprint density at radius 2 is 2.09 bits per heavy atom. The Kier molecular flexibility index (Phi) is 5.03. The van der Waals surface area contributed by atoms with Crippen LogP contribution in [0, 0.1) is 0 Å². The van der Waals surface area contributed by atoms with E-state index in [1.165, 1.54) is 25.3 Å². The number of amides is 1. The SMILES string of the molecule is CC(=O)Nc1ccc(C2CCCN(Cc3ccccc3)C2)nc1. The zero-order valence-electron chi connectivity index (χ0n) is 13.5. The Balaban J connectivity index is 1.62. The van der Waals surface area contributed by atoms with Crippen LogP contribution in [0.25, 0.3) is 0 Å². The highest BCUT2D eigenvalue weighted by atomic mass is 16.1. The number of aromatic nitrogens is 1. The normalized spacial score (nSPS) is 18.6. The minimum Gasteiger partial charge on any atom is -0.325 e. The van der Waals surface area contributed by atoms with E-state index in [4.69, 9.17) is 0 Å². The standard InChI is InChI=1S/C19H23N3O/c1-15(23)21-18-9-10-19(20-12-18)17-8-5-11-22(14-17)13-16-6-3-2-4-7-16/h2-4,6-7,9-10,12,17H,5,8,11,13-14H2,1H3,(H,21,23). The van der Waals surface area contributed by atoms with Crippen molar-refractivity contribution in [1.29, 1.82) is 0 Å². The van der Waals surface area contributed by atoms with Gasteiger partial charge in [0.1, 0.15) is 0 Å². The van der Waals surface area contributed by atoms with Gasteiger partial charge in [0.05, 0.1) is 11.9 Å². The van der Waals surface area contributed by atoms with Crippen molar-refractivity contribution in [2.45, 2.75) is 32.2 Å². The molecule has 3 rings (SSSR count). The molecule has 2 aromatic rings. The summed E-state index contributed by atoms with van der Waals surface area (Å²) in [6, 6.07) is 14.6. The first-order valence-electron chi connectivity index (χ1n) is 8.20. The number of nitrogens with zero attached hydrogens (tertiary/aromatic N) is 2. The van der Waals surface area contributed by atoms with Crippen LogP contribution < -0.4 is 5.32 Å². The van der Waals surface area contributed by atoms with Crippen molar-refractivity contribution in [3.8, 4) is 0 Å². The van der Waals surface area contributed by atoms with E-state index in [1.807, 2.05) is 12.1 Å². The minimum absolute atomic E-state index is 0.0637. The van der Waals surface area contributed by atoms with Gasteiger partial charge in [0.15, 0.2) is 0 Å². The number of anilines is 1. The van der Waals surface area contributed by atoms with Crippen LogP contribution in [0.5, 0.6) is 0 Å². The molecule has 1 aliphatic rings. The number of hydrogen-bond acceptors (Lipinski definition) is 3. The maximum Gasteiger partial charge on any atom is 0.221 e. The molecule has 1 N–H and O–H groups in total. The topological polar surface area (TPSA) is 45.2 Å². The lowest BCUT2D eigenvalue weighted by molar-refractivity contribution is -0.114. The molecular weight excluding hydrogens is 286 g/mol. The van der Waals surface area contributed by atoms with Gasteiger partial charge in [-0.25, -0.2) is 0 Å². The molecule has 4 nitrogen and oxygen atoms in total. The second-order valence-corrected chi connectivity index (χ2v) is 6.21. The van der Waals surface area contributed by atoms with Crippen LogP contribution in [0.15, 0.2) is 48.7 Å². The van der Waals surface area contributed by atoms with E-state index in [-0.39, 0.29) is 5.91 Å². The van der Waals surface area contributed by atoms with Gasteiger partial charge in [-0.15, -0.1) is 0 Å². The molecule has 0 bridgehead atoms. The molecule has 120 valence electrons. The summed E-state index contributed by atoms with van der Waals surface area (Å²) < 4.78 is 0. The van der Waals surface area contributed by atoms with E-state index in [1.54, 1.807) is 6.20 Å². The first-order chi connectivity index (χ1) is 11.2. The summed E-state index contributed by atoms with van der Waals surface area (Å²) in [6.07, 6.45) is 4.14. The number of carbonyl (C=O) groups excluding carboxylic acids is 1. The van der Waals surface area contributed by atoms with Gasteiger partial charge < -0.3 is 5.32 Å². The highest BCUT2D eigenvalue weighted by Crippen LogP contribution is 2.27. The second kappa shape index (κ2) is 7.38. The van der Waals surface area contributed by atoms with Crippen molar-refractivity contribution in [3.63, 3.8) is 0 Å². The first-order valence-corrected chi connectivity index (χ1v) is 8.20. The summed E-state index contributed by atoms with van der Waals surface area (Å²) in [6.45, 7) is 4.70. The number of likely N-dealkylation sites (tertiary alicyclic amines) is 1. The average molecular weight is 309 g/mol. The van der Waals surface area contributed by atoms with E-state index >= 15 is 0 Å². The monoisotopic (exact) mass is 309 g/mol. The maximum atomic E-state index is 11.1. The maximum absolute atomic E-state index is 11.1. The Bertz CT molecular complexity index is 639. The number of nitrogens with one attached hydrogen (secondary N) is 1. The molecule has 23 heavy (non-hydrogen) atoms. The number of piperidine rings is 1. The lowest BCUT2D eigenvalue weighted by Crippen LogP contribution is -2.34. The smallest absolute Gasteiger partial charge is 0.221 e. The van der Waals surface area contributed by atoms with Crippen LogP contribution in [0.4, 0.5) is 5.69 Å². The molecule has 0 saturated carbocycles. The summed E-state index contributed by atoms with van der Waals surface area (Å²) in [4.78, 5) is 18.1. The van der Waals surface area contributed by atoms with Gasteiger partial charge in [-0.1, -0.05) is 30.3 Å². The van der Waals surface area contributed by atoms with Gasteiger partial charge in [-0.05, 0) is 37.1 Å². The molecule has 1 aromatic heterocycles. The van der Waals surface area contributed by atoms with E-state index in [2.05, 4.69) is 45.5 Å². The first kappa shape index (κ1) is 15.7. The van der Waals surface area contributed by atoms with Crippen LogP contribution in [-0.2, 0) is 11.3 Å². The summed E-state index contributed by atoms with van der Waals surface area (Å²) in [5.74, 6) is 0.407. The predicted molar refractivity (Wildman–Crippen MR) is 92.2 cm³/mol. The Hall–Kier alpha value is -2.20. The van der Waals surface area contributed by atoms with Crippen LogP contribution in [-0.4, -0.2) is 28.9 Å². The third kappa shape index (κ3) is 4.39. The number of carbonyl (C=O) groups is 1. The van der Waals surface area contributed by atoms with Gasteiger partial charge in [-0.2, -0.15) is 0 Å². The van der Waals surface area contributed by atoms with Gasteiger partial charge in [0, 0.05) is 31.6 Å². The van der Waals surface area contributed by atoms with Crippen LogP contribution >= 0.6 is 0 Å². The average Bonchev–Trinajstić information content (AvgIpc) is 2.56. The minimum atomic E-state index is -0.0637. The third-order valence-electron chi connectivity index (χ3n) is 4.28. The molecule has 1 atom stereocenters. The molecule has 1 aliphatic heterocycles. The number of rotatable bonds is 4. The van der Waals surface area contributed by atoms with E-state index in [9.17, 15) is 4.79 Å². The van der Waals surface area contributed by atoms with E-state index in [0.717, 1.165) is 31.0 Å². The van der Waals surface area contributed by atoms with Gasteiger partial charge in [0.2, 0.25) is 5.91 Å². The third-order valence-corrected chi connectivity index (χ3v) is 4.28. The van der Waals surface area contributed by atoms with Crippen molar-refractivity contribution in [1.82, 2.24) is 9.88 Å².